The number of rotatable bonds is 1. The van der Waals surface area contributed by atoms with Crippen molar-refractivity contribution in [2.75, 3.05) is 0 Å². The van der Waals surface area contributed by atoms with Crippen molar-refractivity contribution in [2.45, 2.75) is 85.0 Å². The molecular formula is C15H28N4. The third-order valence-electron chi connectivity index (χ3n) is 5.15. The van der Waals surface area contributed by atoms with Gasteiger partial charge in [0.05, 0.1) is 11.1 Å². The third kappa shape index (κ3) is 1.62. The summed E-state index contributed by atoms with van der Waals surface area (Å²) in [5.41, 5.74) is -0.144. The molecule has 0 aliphatic carbocycles. The zero-order valence-electron chi connectivity index (χ0n) is 13.9. The van der Waals surface area contributed by atoms with Crippen LogP contribution in [0, 0.1) is 6.92 Å². The molecule has 0 spiro atoms. The maximum absolute atomic E-state index is 4.47. The molecule has 0 amide bonds. The van der Waals surface area contributed by atoms with Gasteiger partial charge < -0.3 is 4.57 Å². The van der Waals surface area contributed by atoms with Crippen LogP contribution in [0.3, 0.4) is 0 Å². The predicted octanol–water partition coefficient (Wildman–Crippen LogP) is 3.06. The molecule has 19 heavy (non-hydrogen) atoms. The second kappa shape index (κ2) is 3.81. The molecule has 0 unspecified atom stereocenters. The molecule has 108 valence electrons. The fourth-order valence-corrected chi connectivity index (χ4v) is 4.09. The summed E-state index contributed by atoms with van der Waals surface area (Å²) in [5, 5.41) is 8.81. The summed E-state index contributed by atoms with van der Waals surface area (Å²) < 4.78 is 2.33. The van der Waals surface area contributed by atoms with E-state index in [0.29, 0.717) is 6.04 Å². The molecule has 1 aromatic rings. The van der Waals surface area contributed by atoms with E-state index in [1.54, 1.807) is 0 Å². The zero-order chi connectivity index (χ0) is 14.8. The van der Waals surface area contributed by atoms with Crippen LogP contribution >= 0.6 is 0 Å². The fraction of sp³-hybridized carbons (Fsp3) is 0.867. The van der Waals surface area contributed by atoms with E-state index in [1.807, 2.05) is 0 Å². The minimum absolute atomic E-state index is 0.0187. The van der Waals surface area contributed by atoms with Crippen molar-refractivity contribution in [3.63, 3.8) is 0 Å². The first-order valence-electron chi connectivity index (χ1n) is 7.18. The molecule has 1 aliphatic rings. The Balaban J connectivity index is 2.80. The Labute approximate surface area is 117 Å². The standard InChI is InChI=1S/C15H28N4/c1-10(2)19-13(4,5)12-17-16-11(3)18(12)14(6,7)15(19,8)9/h10H,1-9H3. The highest BCUT2D eigenvalue weighted by molar-refractivity contribution is 5.21. The lowest BCUT2D eigenvalue weighted by Gasteiger charge is -2.61. The van der Waals surface area contributed by atoms with Gasteiger partial charge in [-0.05, 0) is 62.3 Å². The first-order chi connectivity index (χ1) is 8.45. The van der Waals surface area contributed by atoms with E-state index in [2.05, 4.69) is 82.0 Å². The molecule has 0 N–H and O–H groups in total. The van der Waals surface area contributed by atoms with Crippen LogP contribution in [0.15, 0.2) is 0 Å². The number of fused-ring (bicyclic) bond motifs is 1. The average Bonchev–Trinajstić information content (AvgIpc) is 2.57. The summed E-state index contributed by atoms with van der Waals surface area (Å²) in [6.45, 7) is 20.3. The Kier molecular flexibility index (Phi) is 2.91. The van der Waals surface area contributed by atoms with Gasteiger partial charge in [-0.2, -0.15) is 0 Å². The summed E-state index contributed by atoms with van der Waals surface area (Å²) >= 11 is 0. The first-order valence-corrected chi connectivity index (χ1v) is 7.18. The zero-order valence-corrected chi connectivity index (χ0v) is 13.9. The molecule has 0 radical (unpaired) electrons. The van der Waals surface area contributed by atoms with E-state index in [1.165, 1.54) is 0 Å². The monoisotopic (exact) mass is 264 g/mol. The molecule has 4 heteroatoms. The van der Waals surface area contributed by atoms with Gasteiger partial charge in [0.1, 0.15) is 5.82 Å². The van der Waals surface area contributed by atoms with Crippen molar-refractivity contribution in [1.29, 1.82) is 0 Å². The van der Waals surface area contributed by atoms with E-state index in [-0.39, 0.29) is 16.6 Å². The highest BCUT2D eigenvalue weighted by Gasteiger charge is 2.56. The third-order valence-corrected chi connectivity index (χ3v) is 5.15. The predicted molar refractivity (Wildman–Crippen MR) is 78.2 cm³/mol. The number of nitrogens with zero attached hydrogens (tertiary/aromatic N) is 4. The summed E-state index contributed by atoms with van der Waals surface area (Å²) in [6, 6.07) is 0.454. The van der Waals surface area contributed by atoms with Crippen LogP contribution in [0.25, 0.3) is 0 Å². The highest BCUT2D eigenvalue weighted by atomic mass is 15.4. The normalized spacial score (nSPS) is 24.5. The molecule has 1 aliphatic heterocycles. The van der Waals surface area contributed by atoms with E-state index in [0.717, 1.165) is 11.6 Å². The van der Waals surface area contributed by atoms with Crippen molar-refractivity contribution in [2.24, 2.45) is 0 Å². The van der Waals surface area contributed by atoms with E-state index < -0.39 is 0 Å². The maximum atomic E-state index is 4.47. The second-order valence-corrected chi connectivity index (χ2v) is 7.55. The molecule has 2 heterocycles. The minimum atomic E-state index is -0.117. The summed E-state index contributed by atoms with van der Waals surface area (Å²) in [5.74, 6) is 2.08. The molecule has 2 rings (SSSR count). The van der Waals surface area contributed by atoms with Gasteiger partial charge in [-0.25, -0.2) is 0 Å². The molecule has 0 saturated carbocycles. The van der Waals surface area contributed by atoms with E-state index in [4.69, 9.17) is 0 Å². The maximum Gasteiger partial charge on any atom is 0.153 e. The average molecular weight is 264 g/mol. The smallest absolute Gasteiger partial charge is 0.153 e. The van der Waals surface area contributed by atoms with Crippen LogP contribution in [0.2, 0.25) is 0 Å². The Morgan fingerprint density at radius 2 is 1.42 bits per heavy atom. The number of aryl methyl sites for hydroxylation is 1. The quantitative estimate of drug-likeness (QED) is 0.782. The molecule has 0 saturated heterocycles. The van der Waals surface area contributed by atoms with Gasteiger partial charge in [-0.3, -0.25) is 4.90 Å². The van der Waals surface area contributed by atoms with Crippen molar-refractivity contribution in [1.82, 2.24) is 19.7 Å². The van der Waals surface area contributed by atoms with E-state index >= 15 is 0 Å². The summed E-state index contributed by atoms with van der Waals surface area (Å²) in [6.07, 6.45) is 0. The Bertz CT molecular complexity index is 494. The lowest BCUT2D eigenvalue weighted by Crippen LogP contribution is -2.70. The molecule has 0 fully saturated rings. The van der Waals surface area contributed by atoms with Crippen molar-refractivity contribution >= 4 is 0 Å². The van der Waals surface area contributed by atoms with Gasteiger partial charge in [-0.15, -0.1) is 10.2 Å². The Morgan fingerprint density at radius 3 is 1.89 bits per heavy atom. The van der Waals surface area contributed by atoms with Gasteiger partial charge in [0.2, 0.25) is 0 Å². The number of hydrogen-bond acceptors (Lipinski definition) is 3. The SMILES string of the molecule is Cc1nnc2n1C(C)(C)C(C)(C)N(C(C)C)C2(C)C. The van der Waals surface area contributed by atoms with Crippen molar-refractivity contribution in [3.8, 4) is 0 Å². The lowest BCUT2D eigenvalue weighted by molar-refractivity contribution is -0.107. The topological polar surface area (TPSA) is 34.0 Å². The number of aromatic nitrogens is 3. The van der Waals surface area contributed by atoms with Crippen LogP contribution in [0.4, 0.5) is 0 Å². The van der Waals surface area contributed by atoms with E-state index in [9.17, 15) is 0 Å². The molecule has 0 atom stereocenters. The van der Waals surface area contributed by atoms with Crippen molar-refractivity contribution in [3.05, 3.63) is 11.6 Å². The summed E-state index contributed by atoms with van der Waals surface area (Å²) in [7, 11) is 0. The highest BCUT2D eigenvalue weighted by Crippen LogP contribution is 2.49. The van der Waals surface area contributed by atoms with Crippen molar-refractivity contribution < 1.29 is 0 Å². The molecule has 4 nitrogen and oxygen atoms in total. The summed E-state index contributed by atoms with van der Waals surface area (Å²) in [4.78, 5) is 2.57. The van der Waals surface area contributed by atoms with Gasteiger partial charge >= 0.3 is 0 Å². The van der Waals surface area contributed by atoms with Crippen LogP contribution in [-0.2, 0) is 11.1 Å². The number of hydrogen-bond donors (Lipinski definition) is 0. The molecule has 1 aromatic heterocycles. The lowest BCUT2D eigenvalue weighted by atomic mass is 9.73. The van der Waals surface area contributed by atoms with Crippen LogP contribution in [0.1, 0.15) is 67.0 Å². The van der Waals surface area contributed by atoms with Gasteiger partial charge in [0.25, 0.3) is 0 Å². The van der Waals surface area contributed by atoms with Crippen LogP contribution in [0.5, 0.6) is 0 Å². The fourth-order valence-electron chi connectivity index (χ4n) is 4.09. The molecular weight excluding hydrogens is 236 g/mol. The largest absolute Gasteiger partial charge is 0.306 e. The van der Waals surface area contributed by atoms with Crippen LogP contribution in [-0.4, -0.2) is 31.2 Å². The Morgan fingerprint density at radius 1 is 0.895 bits per heavy atom. The van der Waals surface area contributed by atoms with Gasteiger partial charge in [-0.1, -0.05) is 0 Å². The van der Waals surface area contributed by atoms with Gasteiger partial charge in [0, 0.05) is 11.6 Å². The molecule has 0 aromatic carbocycles. The van der Waals surface area contributed by atoms with Gasteiger partial charge in [0.15, 0.2) is 5.82 Å². The van der Waals surface area contributed by atoms with Crippen LogP contribution < -0.4 is 0 Å². The first kappa shape index (κ1) is 14.5. The molecule has 0 bridgehead atoms. The second-order valence-electron chi connectivity index (χ2n) is 7.55. The minimum Gasteiger partial charge on any atom is -0.306 e. The Hall–Kier alpha value is -0.900.